The molecule has 0 unspecified atom stereocenters. The van der Waals surface area contributed by atoms with Crippen molar-refractivity contribution in [1.82, 2.24) is 4.98 Å². The lowest BCUT2D eigenvalue weighted by molar-refractivity contribution is -0.135. The number of aliphatic carboxylic acids is 1. The van der Waals surface area contributed by atoms with Gasteiger partial charge in [0, 0.05) is 6.20 Å². The average molecular weight is 233 g/mol. The predicted octanol–water partition coefficient (Wildman–Crippen LogP) is -0.295. The molecule has 0 radical (unpaired) electrons. The van der Waals surface area contributed by atoms with E-state index in [0.717, 1.165) is 0 Å². The molecule has 1 rings (SSSR count). The molecule has 0 aliphatic rings. The van der Waals surface area contributed by atoms with Crippen molar-refractivity contribution in [2.24, 2.45) is 5.73 Å². The van der Waals surface area contributed by atoms with Gasteiger partial charge in [-0.05, 0) is 12.1 Å². The van der Waals surface area contributed by atoms with Crippen molar-refractivity contribution in [1.29, 1.82) is 0 Å². The molecule has 0 atom stereocenters. The second kappa shape index (κ2) is 5.51. The quantitative estimate of drug-likeness (QED) is 0.681. The number of anilines is 1. The van der Waals surface area contributed by atoms with Crippen molar-refractivity contribution in [3.8, 4) is 12.3 Å². The SMILES string of the molecule is C#CCN(CC(=O)O)c1ccc(C(N)=O)cn1. The number of amides is 1. The van der Waals surface area contributed by atoms with Crippen LogP contribution in [0.15, 0.2) is 18.3 Å². The average Bonchev–Trinajstić information content (AvgIpc) is 2.28. The Balaban J connectivity index is 2.91. The Labute approximate surface area is 98.1 Å². The van der Waals surface area contributed by atoms with Crippen LogP contribution in [-0.4, -0.2) is 35.1 Å². The van der Waals surface area contributed by atoms with Crippen molar-refractivity contribution in [3.63, 3.8) is 0 Å². The van der Waals surface area contributed by atoms with Crippen LogP contribution in [0.25, 0.3) is 0 Å². The van der Waals surface area contributed by atoms with Crippen LogP contribution in [0.3, 0.4) is 0 Å². The highest BCUT2D eigenvalue weighted by Gasteiger charge is 2.11. The van der Waals surface area contributed by atoms with E-state index in [1.54, 1.807) is 0 Å². The van der Waals surface area contributed by atoms with E-state index in [2.05, 4.69) is 10.9 Å². The molecule has 1 amide bonds. The Morgan fingerprint density at radius 3 is 2.65 bits per heavy atom. The molecule has 88 valence electrons. The highest BCUT2D eigenvalue weighted by atomic mass is 16.4. The molecule has 6 heteroatoms. The number of nitrogens with zero attached hydrogens (tertiary/aromatic N) is 2. The molecule has 0 saturated heterocycles. The first-order chi connectivity index (χ1) is 8.04. The topological polar surface area (TPSA) is 96.5 Å². The summed E-state index contributed by atoms with van der Waals surface area (Å²) in [5, 5.41) is 8.70. The zero-order valence-corrected chi connectivity index (χ0v) is 8.96. The molecule has 0 aliphatic carbocycles. The lowest BCUT2D eigenvalue weighted by atomic mass is 10.2. The smallest absolute Gasteiger partial charge is 0.323 e. The molecule has 6 nitrogen and oxygen atoms in total. The molecule has 17 heavy (non-hydrogen) atoms. The molecule has 0 spiro atoms. The van der Waals surface area contributed by atoms with Crippen molar-refractivity contribution in [2.75, 3.05) is 18.0 Å². The molecule has 0 bridgehead atoms. The second-order valence-electron chi connectivity index (χ2n) is 3.22. The first kappa shape index (κ1) is 12.5. The summed E-state index contributed by atoms with van der Waals surface area (Å²) in [6, 6.07) is 2.97. The highest BCUT2D eigenvalue weighted by molar-refractivity contribution is 5.92. The van der Waals surface area contributed by atoms with Gasteiger partial charge in [0.05, 0.1) is 12.1 Å². The maximum absolute atomic E-state index is 10.8. The molecular weight excluding hydrogens is 222 g/mol. The number of carboxylic acid groups (broad SMARTS) is 1. The van der Waals surface area contributed by atoms with Crippen LogP contribution < -0.4 is 10.6 Å². The Kier molecular flexibility index (Phi) is 4.06. The van der Waals surface area contributed by atoms with Crippen LogP contribution in [0.2, 0.25) is 0 Å². The molecule has 0 aromatic carbocycles. The molecule has 3 N–H and O–H groups in total. The Bertz CT molecular complexity index is 462. The van der Waals surface area contributed by atoms with Crippen LogP contribution in [0.4, 0.5) is 5.82 Å². The summed E-state index contributed by atoms with van der Waals surface area (Å²) in [6.45, 7) is -0.137. The molecule has 0 saturated carbocycles. The Morgan fingerprint density at radius 1 is 1.53 bits per heavy atom. The van der Waals surface area contributed by atoms with Gasteiger partial charge in [-0.3, -0.25) is 9.59 Å². The van der Waals surface area contributed by atoms with Gasteiger partial charge in [-0.2, -0.15) is 0 Å². The number of carbonyl (C=O) groups is 2. The lowest BCUT2D eigenvalue weighted by Gasteiger charge is -2.18. The van der Waals surface area contributed by atoms with Gasteiger partial charge in [0.15, 0.2) is 0 Å². The third kappa shape index (κ3) is 3.50. The van der Waals surface area contributed by atoms with Gasteiger partial charge in [-0.1, -0.05) is 5.92 Å². The van der Waals surface area contributed by atoms with E-state index >= 15 is 0 Å². The number of rotatable bonds is 5. The number of terminal acetylenes is 1. The fourth-order valence-corrected chi connectivity index (χ4v) is 1.21. The minimum absolute atomic E-state index is 0.120. The monoisotopic (exact) mass is 233 g/mol. The van der Waals surface area contributed by atoms with E-state index in [-0.39, 0.29) is 18.7 Å². The number of aromatic nitrogens is 1. The number of nitrogens with two attached hydrogens (primary N) is 1. The first-order valence-corrected chi connectivity index (χ1v) is 4.70. The maximum Gasteiger partial charge on any atom is 0.323 e. The standard InChI is InChI=1S/C11H11N3O3/c1-2-5-14(7-10(15)16)9-4-3-8(6-13-9)11(12)17/h1,3-4,6H,5,7H2,(H2,12,17)(H,15,16). The second-order valence-corrected chi connectivity index (χ2v) is 3.22. The summed E-state index contributed by atoms with van der Waals surface area (Å²) in [6.07, 6.45) is 6.41. The summed E-state index contributed by atoms with van der Waals surface area (Å²) < 4.78 is 0. The van der Waals surface area contributed by atoms with E-state index < -0.39 is 11.9 Å². The lowest BCUT2D eigenvalue weighted by Crippen LogP contribution is -2.30. The summed E-state index contributed by atoms with van der Waals surface area (Å²) in [4.78, 5) is 26.8. The van der Waals surface area contributed by atoms with Crippen molar-refractivity contribution >= 4 is 17.7 Å². The van der Waals surface area contributed by atoms with Gasteiger partial charge in [-0.25, -0.2) is 4.98 Å². The van der Waals surface area contributed by atoms with Crippen molar-refractivity contribution in [3.05, 3.63) is 23.9 Å². The molecule has 0 aliphatic heterocycles. The highest BCUT2D eigenvalue weighted by Crippen LogP contribution is 2.10. The Hall–Kier alpha value is -2.55. The molecule has 0 fully saturated rings. The number of carbonyl (C=O) groups excluding carboxylic acids is 1. The molecule has 1 heterocycles. The summed E-state index contributed by atoms with van der Waals surface area (Å²) >= 11 is 0. The van der Waals surface area contributed by atoms with E-state index in [9.17, 15) is 9.59 Å². The van der Waals surface area contributed by atoms with Crippen molar-refractivity contribution < 1.29 is 14.7 Å². The summed E-state index contributed by atoms with van der Waals surface area (Å²) in [5.41, 5.74) is 5.31. The molecule has 1 aromatic rings. The summed E-state index contributed by atoms with van der Waals surface area (Å²) in [5.74, 6) is 1.12. The third-order valence-corrected chi connectivity index (χ3v) is 1.96. The number of hydrogen-bond acceptors (Lipinski definition) is 4. The number of hydrogen-bond donors (Lipinski definition) is 2. The van der Waals surface area contributed by atoms with Crippen LogP contribution >= 0.6 is 0 Å². The van der Waals surface area contributed by atoms with Gasteiger partial charge in [-0.15, -0.1) is 6.42 Å². The third-order valence-electron chi connectivity index (χ3n) is 1.96. The number of pyridine rings is 1. The fourth-order valence-electron chi connectivity index (χ4n) is 1.21. The van der Waals surface area contributed by atoms with Gasteiger partial charge in [0.1, 0.15) is 12.4 Å². The van der Waals surface area contributed by atoms with E-state index in [1.807, 2.05) is 0 Å². The van der Waals surface area contributed by atoms with Crippen LogP contribution in [0, 0.1) is 12.3 Å². The van der Waals surface area contributed by atoms with E-state index in [4.69, 9.17) is 17.3 Å². The van der Waals surface area contributed by atoms with Gasteiger partial charge in [0.25, 0.3) is 0 Å². The van der Waals surface area contributed by atoms with Crippen LogP contribution in [0.5, 0.6) is 0 Å². The molecule has 1 aromatic heterocycles. The van der Waals surface area contributed by atoms with Gasteiger partial charge < -0.3 is 15.7 Å². The van der Waals surface area contributed by atoms with Crippen LogP contribution in [-0.2, 0) is 4.79 Å². The fraction of sp³-hybridized carbons (Fsp3) is 0.182. The maximum atomic E-state index is 10.8. The Morgan fingerprint density at radius 2 is 2.24 bits per heavy atom. The van der Waals surface area contributed by atoms with E-state index in [1.165, 1.54) is 23.2 Å². The zero-order chi connectivity index (χ0) is 12.8. The van der Waals surface area contributed by atoms with Crippen molar-refractivity contribution in [2.45, 2.75) is 0 Å². The zero-order valence-electron chi connectivity index (χ0n) is 8.96. The minimum atomic E-state index is -1.01. The van der Waals surface area contributed by atoms with E-state index in [0.29, 0.717) is 5.82 Å². The number of carboxylic acids is 1. The molecular formula is C11H11N3O3. The normalized spacial score (nSPS) is 9.35. The van der Waals surface area contributed by atoms with Gasteiger partial charge in [0.2, 0.25) is 5.91 Å². The van der Waals surface area contributed by atoms with Crippen LogP contribution in [0.1, 0.15) is 10.4 Å². The largest absolute Gasteiger partial charge is 0.480 e. The summed E-state index contributed by atoms with van der Waals surface area (Å²) in [7, 11) is 0. The minimum Gasteiger partial charge on any atom is -0.480 e. The van der Waals surface area contributed by atoms with Gasteiger partial charge >= 0.3 is 5.97 Å². The number of primary amides is 1. The predicted molar refractivity (Wildman–Crippen MR) is 61.4 cm³/mol. The first-order valence-electron chi connectivity index (χ1n) is 4.70.